The predicted molar refractivity (Wildman–Crippen MR) is 145 cm³/mol. The van der Waals surface area contributed by atoms with Gasteiger partial charge in [-0.2, -0.15) is 9.61 Å². The molecule has 1 saturated heterocycles. The van der Waals surface area contributed by atoms with Crippen molar-refractivity contribution in [3.05, 3.63) is 65.9 Å². The van der Waals surface area contributed by atoms with Crippen molar-refractivity contribution in [1.82, 2.24) is 24.5 Å². The molecule has 0 radical (unpaired) electrons. The number of nitrogen functional groups attached to an aromatic ring is 1. The number of hydrogen-bond acceptors (Lipinski definition) is 7. The summed E-state index contributed by atoms with van der Waals surface area (Å²) in [6.07, 6.45) is 3.42. The Balaban J connectivity index is 1.55. The zero-order chi connectivity index (χ0) is 28.0. The highest BCUT2D eigenvalue weighted by Gasteiger charge is 2.38. The smallest absolute Gasteiger partial charge is 0.251 e. The van der Waals surface area contributed by atoms with Crippen LogP contribution >= 0.6 is 0 Å². The minimum atomic E-state index is -1.08. The van der Waals surface area contributed by atoms with Crippen molar-refractivity contribution in [3.63, 3.8) is 0 Å². The van der Waals surface area contributed by atoms with Gasteiger partial charge in [0.2, 0.25) is 0 Å². The van der Waals surface area contributed by atoms with Crippen LogP contribution in [0.2, 0.25) is 0 Å². The van der Waals surface area contributed by atoms with E-state index in [1.54, 1.807) is 29.4 Å². The maximum atomic E-state index is 13.3. The fourth-order valence-corrected chi connectivity index (χ4v) is 5.69. The molecule has 1 unspecified atom stereocenters. The van der Waals surface area contributed by atoms with E-state index in [2.05, 4.69) is 10.1 Å². The Kier molecular flexibility index (Phi) is 6.90. The number of likely N-dealkylation sites (tertiary alicyclic amines) is 1. The van der Waals surface area contributed by atoms with E-state index in [0.717, 1.165) is 11.1 Å². The summed E-state index contributed by atoms with van der Waals surface area (Å²) in [5.74, 6) is -0.733. The predicted octanol–water partition coefficient (Wildman–Crippen LogP) is 4.25. The van der Waals surface area contributed by atoms with E-state index in [-0.39, 0.29) is 41.3 Å². The van der Waals surface area contributed by atoms with Crippen LogP contribution in [-0.4, -0.2) is 59.5 Å². The normalized spacial score (nSPS) is 20.3. The lowest BCUT2D eigenvalue weighted by Crippen LogP contribution is -2.52. The first-order valence-electron chi connectivity index (χ1n) is 13.0. The molecule has 1 aliphatic heterocycles. The third-order valence-electron chi connectivity index (χ3n) is 7.48. The van der Waals surface area contributed by atoms with Crippen molar-refractivity contribution in [2.45, 2.75) is 64.6 Å². The van der Waals surface area contributed by atoms with Crippen molar-refractivity contribution in [3.8, 4) is 22.4 Å². The molecule has 4 aromatic rings. The van der Waals surface area contributed by atoms with Crippen LogP contribution in [0.4, 0.5) is 10.2 Å². The van der Waals surface area contributed by atoms with Crippen LogP contribution in [0.1, 0.15) is 62.5 Å². The van der Waals surface area contributed by atoms with Crippen LogP contribution in [0.3, 0.4) is 0 Å². The second-order valence-corrected chi connectivity index (χ2v) is 10.3. The number of fused-ring (bicyclic) bond motifs is 1. The van der Waals surface area contributed by atoms with E-state index in [9.17, 15) is 19.1 Å². The summed E-state index contributed by atoms with van der Waals surface area (Å²) in [5.41, 5.74) is 10.9. The summed E-state index contributed by atoms with van der Waals surface area (Å²) in [5, 5.41) is 14.3. The van der Waals surface area contributed by atoms with Gasteiger partial charge in [0, 0.05) is 40.9 Å². The fourth-order valence-electron chi connectivity index (χ4n) is 5.69. The van der Waals surface area contributed by atoms with Gasteiger partial charge in [-0.3, -0.25) is 14.6 Å². The van der Waals surface area contributed by atoms with Crippen LogP contribution < -0.4 is 5.73 Å². The lowest BCUT2D eigenvalue weighted by atomic mass is 9.82. The molecule has 10 heteroatoms. The fraction of sp³-hybridized carbons (Fsp3) is 0.345. The Morgan fingerprint density at radius 3 is 2.26 bits per heavy atom. The number of aromatic nitrogens is 4. The number of pyridine rings is 1. The van der Waals surface area contributed by atoms with Gasteiger partial charge in [-0.1, -0.05) is 6.07 Å². The number of Topliss-reactive ketones (excluding diaryl/α,β-unsaturated/α-hetero) is 1. The van der Waals surface area contributed by atoms with E-state index >= 15 is 0 Å². The molecule has 3 N–H and O–H groups in total. The second-order valence-electron chi connectivity index (χ2n) is 10.3. The molecule has 1 aromatic carbocycles. The molecule has 39 heavy (non-hydrogen) atoms. The Bertz CT molecular complexity index is 1540. The van der Waals surface area contributed by atoms with E-state index in [1.807, 2.05) is 26.0 Å². The van der Waals surface area contributed by atoms with E-state index in [1.165, 1.54) is 30.5 Å². The van der Waals surface area contributed by atoms with Gasteiger partial charge >= 0.3 is 0 Å². The molecule has 0 spiro atoms. The van der Waals surface area contributed by atoms with Gasteiger partial charge in [0.25, 0.3) is 5.91 Å². The van der Waals surface area contributed by atoms with Crippen LogP contribution in [0.5, 0.6) is 0 Å². The van der Waals surface area contributed by atoms with Crippen molar-refractivity contribution < 1.29 is 19.1 Å². The summed E-state index contributed by atoms with van der Waals surface area (Å²) in [6.45, 7) is 6.82. The lowest BCUT2D eigenvalue weighted by Gasteiger charge is -2.43. The third-order valence-corrected chi connectivity index (χ3v) is 7.48. The monoisotopic (exact) mass is 530 g/mol. The number of aliphatic hydroxyl groups is 1. The second kappa shape index (κ2) is 10.2. The molecule has 0 aliphatic carbocycles. The first-order valence-corrected chi connectivity index (χ1v) is 13.0. The summed E-state index contributed by atoms with van der Waals surface area (Å²) < 4.78 is 14.8. The molecule has 0 saturated carbocycles. The maximum Gasteiger partial charge on any atom is 0.251 e. The minimum Gasteiger partial charge on any atom is -0.384 e. The number of carbonyl (C=O) groups excluding carboxylic acids is 2. The zero-order valence-corrected chi connectivity index (χ0v) is 22.3. The average molecular weight is 531 g/mol. The zero-order valence-electron chi connectivity index (χ0n) is 22.3. The molecule has 9 nitrogen and oxygen atoms in total. The largest absolute Gasteiger partial charge is 0.384 e. The Hall–Kier alpha value is -4.18. The van der Waals surface area contributed by atoms with Gasteiger partial charge in [-0.15, -0.1) is 0 Å². The number of carbonyl (C=O) groups is 2. The molecule has 1 fully saturated rings. The number of benzene rings is 1. The van der Waals surface area contributed by atoms with Crippen molar-refractivity contribution in [1.29, 1.82) is 0 Å². The molecule has 5 rings (SSSR count). The quantitative estimate of drug-likeness (QED) is 0.370. The molecule has 4 atom stereocenters. The van der Waals surface area contributed by atoms with E-state index in [0.29, 0.717) is 41.0 Å². The topological polar surface area (TPSA) is 127 Å². The highest BCUT2D eigenvalue weighted by atomic mass is 19.1. The van der Waals surface area contributed by atoms with Crippen molar-refractivity contribution >= 4 is 23.2 Å². The number of halogens is 1. The molecule has 202 valence electrons. The molecule has 1 aliphatic rings. The highest BCUT2D eigenvalue weighted by molar-refractivity contribution is 6.00. The van der Waals surface area contributed by atoms with Gasteiger partial charge in [0.15, 0.2) is 11.4 Å². The number of piperidine rings is 1. The van der Waals surface area contributed by atoms with Crippen molar-refractivity contribution in [2.24, 2.45) is 0 Å². The molecule has 0 bridgehead atoms. The van der Waals surface area contributed by atoms with E-state index in [4.69, 9.17) is 10.7 Å². The summed E-state index contributed by atoms with van der Waals surface area (Å²) >= 11 is 0. The summed E-state index contributed by atoms with van der Waals surface area (Å²) in [7, 11) is 0. The van der Waals surface area contributed by atoms with Crippen LogP contribution in [0.25, 0.3) is 28.0 Å². The van der Waals surface area contributed by atoms with Gasteiger partial charge < -0.3 is 15.7 Å². The van der Waals surface area contributed by atoms with E-state index < -0.39 is 6.10 Å². The Morgan fingerprint density at radius 2 is 1.69 bits per heavy atom. The summed E-state index contributed by atoms with van der Waals surface area (Å²) in [6, 6.07) is 9.55. The van der Waals surface area contributed by atoms with Gasteiger partial charge in [-0.25, -0.2) is 9.37 Å². The molecule has 4 heterocycles. The number of anilines is 1. The molecular weight excluding hydrogens is 499 g/mol. The van der Waals surface area contributed by atoms with Crippen LogP contribution in [-0.2, 0) is 4.79 Å². The Morgan fingerprint density at radius 1 is 1.05 bits per heavy atom. The minimum absolute atomic E-state index is 0.124. The standard InChI is InChI=1S/C29H31FN6O3/c1-15-11-21(12-16(2)35(15)29(39)18(4)38)26-25(17(3)37)27(31)36-28(34-26)23(14-33-36)20-7-10-24(32-13-20)19-5-8-22(30)9-6-19/h5-10,13-16,18,21,38H,11-12,31H2,1-4H3/t15-,16?,18+,21-/m0/s1. The number of amides is 1. The number of aliphatic hydroxyl groups excluding tert-OH is 1. The van der Waals surface area contributed by atoms with Gasteiger partial charge in [0.05, 0.1) is 23.1 Å². The molecule has 1 amide bonds. The molecular formula is C29H31FN6O3. The summed E-state index contributed by atoms with van der Waals surface area (Å²) in [4.78, 5) is 36.6. The van der Waals surface area contributed by atoms with Crippen LogP contribution in [0, 0.1) is 5.82 Å². The Labute approximate surface area is 225 Å². The first-order chi connectivity index (χ1) is 18.6. The van der Waals surface area contributed by atoms with Crippen LogP contribution in [0.15, 0.2) is 48.8 Å². The first kappa shape index (κ1) is 26.4. The number of hydrogen-bond donors (Lipinski definition) is 2. The van der Waals surface area contributed by atoms with Crippen molar-refractivity contribution in [2.75, 3.05) is 5.73 Å². The average Bonchev–Trinajstić information content (AvgIpc) is 3.33. The number of nitrogens with zero attached hydrogens (tertiary/aromatic N) is 5. The number of nitrogens with two attached hydrogens (primary N) is 1. The number of ketones is 1. The highest BCUT2D eigenvalue weighted by Crippen LogP contribution is 2.39. The molecule has 3 aromatic heterocycles. The maximum absolute atomic E-state index is 13.3. The SMILES string of the molecule is CC(=O)c1c([C@@H]2CC(C)N(C(=O)[C@@H](C)O)[C@@H](C)C2)nc2c(-c3ccc(-c4ccc(F)cc4)nc3)cnn2c1N. The van der Waals surface area contributed by atoms with Gasteiger partial charge in [-0.05, 0) is 70.9 Å². The van der Waals surface area contributed by atoms with Gasteiger partial charge in [0.1, 0.15) is 17.7 Å². The number of rotatable bonds is 5. The lowest BCUT2D eigenvalue weighted by molar-refractivity contribution is -0.146. The third kappa shape index (κ3) is 4.76.